The summed E-state index contributed by atoms with van der Waals surface area (Å²) in [4.78, 5) is 14.1. The standard InChI is InChI=1S/C16H27N3O/c1-4-14(5-2)18-16(20)12-19(6-3)11-13-9-7-8-10-15(13)17/h7-10,14H,4-6,11-12,17H2,1-3H3,(H,18,20). The Labute approximate surface area is 122 Å². The van der Waals surface area contributed by atoms with E-state index in [1.54, 1.807) is 0 Å². The van der Waals surface area contributed by atoms with Crippen LogP contribution in [0.5, 0.6) is 0 Å². The molecule has 4 heteroatoms. The van der Waals surface area contributed by atoms with E-state index in [0.29, 0.717) is 13.1 Å². The summed E-state index contributed by atoms with van der Waals surface area (Å²) in [7, 11) is 0. The fourth-order valence-corrected chi connectivity index (χ4v) is 2.17. The zero-order chi connectivity index (χ0) is 15.0. The lowest BCUT2D eigenvalue weighted by molar-refractivity contribution is -0.123. The van der Waals surface area contributed by atoms with E-state index in [1.807, 2.05) is 24.3 Å². The van der Waals surface area contributed by atoms with E-state index >= 15 is 0 Å². The lowest BCUT2D eigenvalue weighted by atomic mass is 10.1. The molecule has 0 aromatic heterocycles. The molecule has 0 aliphatic rings. The Balaban J connectivity index is 2.55. The van der Waals surface area contributed by atoms with Crippen LogP contribution in [0.2, 0.25) is 0 Å². The van der Waals surface area contributed by atoms with Gasteiger partial charge >= 0.3 is 0 Å². The van der Waals surface area contributed by atoms with Crippen LogP contribution in [0.1, 0.15) is 39.2 Å². The normalized spacial score (nSPS) is 11.1. The molecule has 1 amide bonds. The van der Waals surface area contributed by atoms with Gasteiger partial charge in [-0.05, 0) is 31.0 Å². The van der Waals surface area contributed by atoms with Crippen molar-refractivity contribution in [3.63, 3.8) is 0 Å². The summed E-state index contributed by atoms with van der Waals surface area (Å²) in [5.41, 5.74) is 7.81. The highest BCUT2D eigenvalue weighted by Crippen LogP contribution is 2.13. The number of amides is 1. The molecular formula is C16H27N3O. The SMILES string of the molecule is CCC(CC)NC(=O)CN(CC)Cc1ccccc1N. The van der Waals surface area contributed by atoms with Crippen LogP contribution in [0.25, 0.3) is 0 Å². The molecule has 112 valence electrons. The van der Waals surface area contributed by atoms with Crippen LogP contribution < -0.4 is 11.1 Å². The second-order valence-corrected chi connectivity index (χ2v) is 5.08. The van der Waals surface area contributed by atoms with E-state index in [4.69, 9.17) is 5.73 Å². The minimum atomic E-state index is 0.0926. The summed E-state index contributed by atoms with van der Waals surface area (Å²) in [6.45, 7) is 8.20. The largest absolute Gasteiger partial charge is 0.398 e. The molecule has 0 aliphatic heterocycles. The van der Waals surface area contributed by atoms with Crippen molar-refractivity contribution in [2.24, 2.45) is 0 Å². The van der Waals surface area contributed by atoms with E-state index in [9.17, 15) is 4.79 Å². The maximum atomic E-state index is 12.0. The summed E-state index contributed by atoms with van der Waals surface area (Å²) in [6, 6.07) is 8.09. The van der Waals surface area contributed by atoms with Crippen LogP contribution in [0.3, 0.4) is 0 Å². The van der Waals surface area contributed by atoms with Crippen molar-refractivity contribution in [1.82, 2.24) is 10.2 Å². The third-order valence-corrected chi connectivity index (χ3v) is 3.61. The number of likely N-dealkylation sites (N-methyl/N-ethyl adjacent to an activating group) is 1. The lowest BCUT2D eigenvalue weighted by Crippen LogP contribution is -2.41. The molecule has 3 N–H and O–H groups in total. The Bertz CT molecular complexity index is 416. The monoisotopic (exact) mass is 277 g/mol. The predicted molar refractivity (Wildman–Crippen MR) is 84.3 cm³/mol. The molecule has 0 spiro atoms. The fourth-order valence-electron chi connectivity index (χ4n) is 2.17. The van der Waals surface area contributed by atoms with Crippen molar-refractivity contribution < 1.29 is 4.79 Å². The third-order valence-electron chi connectivity index (χ3n) is 3.61. The number of nitrogens with zero attached hydrogens (tertiary/aromatic N) is 1. The van der Waals surface area contributed by atoms with Gasteiger partial charge in [0.25, 0.3) is 0 Å². The number of anilines is 1. The molecule has 0 saturated heterocycles. The van der Waals surface area contributed by atoms with E-state index in [-0.39, 0.29) is 11.9 Å². The Morgan fingerprint density at radius 1 is 1.25 bits per heavy atom. The molecule has 0 heterocycles. The topological polar surface area (TPSA) is 58.4 Å². The summed E-state index contributed by atoms with van der Waals surface area (Å²) in [5, 5.41) is 3.07. The maximum Gasteiger partial charge on any atom is 0.234 e. The van der Waals surface area contributed by atoms with Gasteiger partial charge in [-0.2, -0.15) is 0 Å². The van der Waals surface area contributed by atoms with Crippen LogP contribution in [-0.2, 0) is 11.3 Å². The van der Waals surface area contributed by atoms with Crippen LogP contribution >= 0.6 is 0 Å². The van der Waals surface area contributed by atoms with Crippen molar-refractivity contribution in [2.75, 3.05) is 18.8 Å². The average Bonchev–Trinajstić information content (AvgIpc) is 2.46. The maximum absolute atomic E-state index is 12.0. The highest BCUT2D eigenvalue weighted by atomic mass is 16.2. The molecule has 0 unspecified atom stereocenters. The second kappa shape index (κ2) is 8.59. The number of para-hydroxylation sites is 1. The molecule has 0 bridgehead atoms. The molecule has 1 aromatic carbocycles. The first-order valence-corrected chi connectivity index (χ1v) is 7.45. The van der Waals surface area contributed by atoms with E-state index in [1.165, 1.54) is 0 Å². The van der Waals surface area contributed by atoms with Gasteiger partial charge in [0.2, 0.25) is 5.91 Å². The summed E-state index contributed by atoms with van der Waals surface area (Å²) < 4.78 is 0. The zero-order valence-corrected chi connectivity index (χ0v) is 12.9. The van der Waals surface area contributed by atoms with Crippen molar-refractivity contribution in [3.8, 4) is 0 Å². The molecule has 4 nitrogen and oxygen atoms in total. The molecule has 0 radical (unpaired) electrons. The smallest absolute Gasteiger partial charge is 0.234 e. The Hall–Kier alpha value is -1.55. The van der Waals surface area contributed by atoms with E-state index in [2.05, 4.69) is 31.0 Å². The minimum absolute atomic E-state index is 0.0926. The lowest BCUT2D eigenvalue weighted by Gasteiger charge is -2.22. The number of rotatable bonds is 8. The highest BCUT2D eigenvalue weighted by Gasteiger charge is 2.13. The van der Waals surface area contributed by atoms with Crippen LogP contribution in [-0.4, -0.2) is 29.9 Å². The molecule has 20 heavy (non-hydrogen) atoms. The second-order valence-electron chi connectivity index (χ2n) is 5.08. The average molecular weight is 277 g/mol. The first kappa shape index (κ1) is 16.5. The molecule has 1 aromatic rings. The van der Waals surface area contributed by atoms with E-state index in [0.717, 1.165) is 30.6 Å². The zero-order valence-electron chi connectivity index (χ0n) is 12.9. The number of carbonyl (C=O) groups excluding carboxylic acids is 1. The van der Waals surface area contributed by atoms with Crippen LogP contribution in [0.15, 0.2) is 24.3 Å². The number of hydrogen-bond acceptors (Lipinski definition) is 3. The summed E-state index contributed by atoms with van der Waals surface area (Å²) in [5.74, 6) is 0.0926. The molecule has 0 fully saturated rings. The van der Waals surface area contributed by atoms with Gasteiger partial charge in [-0.1, -0.05) is 39.0 Å². The van der Waals surface area contributed by atoms with Crippen LogP contribution in [0, 0.1) is 0 Å². The number of carbonyl (C=O) groups is 1. The number of benzene rings is 1. The first-order chi connectivity index (χ1) is 9.60. The number of hydrogen-bond donors (Lipinski definition) is 2. The third kappa shape index (κ3) is 5.21. The molecule has 0 saturated carbocycles. The van der Waals surface area contributed by atoms with Gasteiger partial charge in [0.1, 0.15) is 0 Å². The fraction of sp³-hybridized carbons (Fsp3) is 0.562. The van der Waals surface area contributed by atoms with Gasteiger partial charge in [0.05, 0.1) is 6.54 Å². The highest BCUT2D eigenvalue weighted by molar-refractivity contribution is 5.78. The quantitative estimate of drug-likeness (QED) is 0.717. The van der Waals surface area contributed by atoms with Crippen molar-refractivity contribution in [1.29, 1.82) is 0 Å². The van der Waals surface area contributed by atoms with Gasteiger partial charge in [-0.25, -0.2) is 0 Å². The van der Waals surface area contributed by atoms with Gasteiger partial charge < -0.3 is 11.1 Å². The first-order valence-electron chi connectivity index (χ1n) is 7.45. The molecule has 1 rings (SSSR count). The Kier molecular flexibility index (Phi) is 7.09. The predicted octanol–water partition coefficient (Wildman–Crippen LogP) is 2.40. The summed E-state index contributed by atoms with van der Waals surface area (Å²) >= 11 is 0. The molecular weight excluding hydrogens is 250 g/mol. The van der Waals surface area contributed by atoms with Gasteiger partial charge in [-0.3, -0.25) is 9.69 Å². The Morgan fingerprint density at radius 3 is 2.45 bits per heavy atom. The summed E-state index contributed by atoms with van der Waals surface area (Å²) in [6.07, 6.45) is 1.94. The van der Waals surface area contributed by atoms with Crippen molar-refractivity contribution >= 4 is 11.6 Å². The number of nitrogen functional groups attached to an aromatic ring is 1. The minimum Gasteiger partial charge on any atom is -0.398 e. The van der Waals surface area contributed by atoms with Gasteiger partial charge in [0.15, 0.2) is 0 Å². The Morgan fingerprint density at radius 2 is 1.90 bits per heavy atom. The van der Waals surface area contributed by atoms with Gasteiger partial charge in [-0.15, -0.1) is 0 Å². The molecule has 0 aliphatic carbocycles. The van der Waals surface area contributed by atoms with Crippen molar-refractivity contribution in [2.45, 2.75) is 46.2 Å². The van der Waals surface area contributed by atoms with Crippen LogP contribution in [0.4, 0.5) is 5.69 Å². The van der Waals surface area contributed by atoms with Crippen molar-refractivity contribution in [3.05, 3.63) is 29.8 Å². The molecule has 0 atom stereocenters. The van der Waals surface area contributed by atoms with E-state index < -0.39 is 0 Å². The number of nitrogens with two attached hydrogens (primary N) is 1. The van der Waals surface area contributed by atoms with Gasteiger partial charge in [0, 0.05) is 18.3 Å². The number of nitrogens with one attached hydrogen (secondary N) is 1.